The number of nitrogens with zero attached hydrogens (tertiary/aromatic N) is 1. The Kier molecular flexibility index (Phi) is 4.57. The molecule has 0 fully saturated rings. The first-order valence-corrected chi connectivity index (χ1v) is 5.27. The number of carbonyl (C=O) groups is 1. The third-order valence-electron chi connectivity index (χ3n) is 2.03. The Morgan fingerprint density at radius 3 is 2.53 bits per heavy atom. The number of esters is 1. The Bertz CT molecular complexity index is 474. The maximum atomic E-state index is 12.3. The third-order valence-corrected chi connectivity index (χ3v) is 2.03. The fraction of sp³-hybridized carbons (Fsp3) is 0.455. The van der Waals surface area contributed by atoms with Crippen LogP contribution in [0.1, 0.15) is 23.0 Å². The molecule has 0 aliphatic rings. The average molecular weight is 279 g/mol. The van der Waals surface area contributed by atoms with E-state index in [4.69, 9.17) is 4.74 Å². The molecule has 1 rings (SSSR count). The van der Waals surface area contributed by atoms with Crippen LogP contribution in [0.5, 0.6) is 11.6 Å². The van der Waals surface area contributed by atoms with Crippen molar-refractivity contribution in [1.82, 2.24) is 4.98 Å². The summed E-state index contributed by atoms with van der Waals surface area (Å²) in [5.74, 6) is -1.70. The van der Waals surface area contributed by atoms with Crippen molar-refractivity contribution in [2.45, 2.75) is 20.2 Å². The van der Waals surface area contributed by atoms with E-state index in [0.717, 1.165) is 0 Å². The maximum Gasteiger partial charge on any atom is 0.573 e. The number of hydrogen-bond donors (Lipinski definition) is 0. The standard InChI is InChI=1S/C11H12F3NO4/c1-4-18-10(16)8-9(19-11(12,13)14)6(2)5-7(15-8)17-3/h5H,4H2,1-3H3. The predicted octanol–water partition coefficient (Wildman–Crippen LogP) is 2.47. The summed E-state index contributed by atoms with van der Waals surface area (Å²) in [5.41, 5.74) is -0.511. The molecule has 19 heavy (non-hydrogen) atoms. The summed E-state index contributed by atoms with van der Waals surface area (Å²) >= 11 is 0. The molecule has 0 aromatic carbocycles. The summed E-state index contributed by atoms with van der Waals surface area (Å²) in [6.07, 6.45) is -4.93. The molecule has 0 bridgehead atoms. The van der Waals surface area contributed by atoms with E-state index in [1.165, 1.54) is 27.0 Å². The number of carbonyl (C=O) groups excluding carboxylic acids is 1. The number of aromatic nitrogens is 1. The summed E-state index contributed by atoms with van der Waals surface area (Å²) in [4.78, 5) is 15.2. The molecule has 0 saturated heterocycles. The van der Waals surface area contributed by atoms with Crippen molar-refractivity contribution in [2.24, 2.45) is 0 Å². The van der Waals surface area contributed by atoms with Gasteiger partial charge in [-0.2, -0.15) is 0 Å². The molecule has 0 atom stereocenters. The number of ether oxygens (including phenoxy) is 3. The van der Waals surface area contributed by atoms with Gasteiger partial charge in [-0.25, -0.2) is 9.78 Å². The number of alkyl halides is 3. The van der Waals surface area contributed by atoms with Gasteiger partial charge in [0, 0.05) is 6.07 Å². The molecule has 0 aliphatic heterocycles. The van der Waals surface area contributed by atoms with Gasteiger partial charge in [0.2, 0.25) is 5.88 Å². The Morgan fingerprint density at radius 2 is 2.05 bits per heavy atom. The SMILES string of the molecule is CCOC(=O)c1nc(OC)cc(C)c1OC(F)(F)F. The van der Waals surface area contributed by atoms with Crippen LogP contribution in [0.4, 0.5) is 13.2 Å². The van der Waals surface area contributed by atoms with Gasteiger partial charge in [0.25, 0.3) is 0 Å². The molecule has 5 nitrogen and oxygen atoms in total. The molecule has 8 heteroatoms. The van der Waals surface area contributed by atoms with Crippen LogP contribution in [0.2, 0.25) is 0 Å². The minimum atomic E-state index is -4.93. The van der Waals surface area contributed by atoms with Crippen LogP contribution >= 0.6 is 0 Å². The quantitative estimate of drug-likeness (QED) is 0.792. The lowest BCUT2D eigenvalue weighted by molar-refractivity contribution is -0.275. The minimum absolute atomic E-state index is 0.00221. The van der Waals surface area contributed by atoms with E-state index in [1.54, 1.807) is 0 Å². The highest BCUT2D eigenvalue weighted by molar-refractivity contribution is 5.91. The highest BCUT2D eigenvalue weighted by atomic mass is 19.4. The first kappa shape index (κ1) is 15.1. The zero-order valence-electron chi connectivity index (χ0n) is 10.5. The molecule has 0 radical (unpaired) electrons. The van der Waals surface area contributed by atoms with E-state index in [0.29, 0.717) is 0 Å². The second-order valence-electron chi connectivity index (χ2n) is 3.43. The number of pyridine rings is 1. The molecule has 1 heterocycles. The summed E-state index contributed by atoms with van der Waals surface area (Å²) in [5, 5.41) is 0. The molecule has 106 valence electrons. The predicted molar refractivity (Wildman–Crippen MR) is 58.2 cm³/mol. The molecule has 1 aromatic rings. The van der Waals surface area contributed by atoms with Gasteiger partial charge in [-0.05, 0) is 19.4 Å². The summed E-state index contributed by atoms with van der Waals surface area (Å²) in [6.45, 7) is 2.87. The van der Waals surface area contributed by atoms with E-state index in [1.807, 2.05) is 0 Å². The number of rotatable bonds is 4. The van der Waals surface area contributed by atoms with E-state index in [-0.39, 0.29) is 18.1 Å². The Balaban J connectivity index is 3.29. The van der Waals surface area contributed by atoms with Crippen molar-refractivity contribution in [2.75, 3.05) is 13.7 Å². The lowest BCUT2D eigenvalue weighted by Gasteiger charge is -2.15. The normalized spacial score (nSPS) is 11.1. The summed E-state index contributed by atoms with van der Waals surface area (Å²) in [7, 11) is 1.28. The highest BCUT2D eigenvalue weighted by Crippen LogP contribution is 2.31. The van der Waals surface area contributed by atoms with Gasteiger partial charge in [0.1, 0.15) is 0 Å². The molecular formula is C11H12F3NO4. The average Bonchev–Trinajstić information content (AvgIpc) is 2.30. The van der Waals surface area contributed by atoms with Gasteiger partial charge in [0.05, 0.1) is 13.7 Å². The number of halogens is 3. The van der Waals surface area contributed by atoms with Gasteiger partial charge in [-0.1, -0.05) is 0 Å². The second-order valence-corrected chi connectivity index (χ2v) is 3.43. The van der Waals surface area contributed by atoms with Crippen LogP contribution in [0.25, 0.3) is 0 Å². The number of methoxy groups -OCH3 is 1. The lowest BCUT2D eigenvalue weighted by Crippen LogP contribution is -2.21. The number of aryl methyl sites for hydroxylation is 1. The lowest BCUT2D eigenvalue weighted by atomic mass is 10.2. The van der Waals surface area contributed by atoms with Crippen molar-refractivity contribution in [3.63, 3.8) is 0 Å². The molecule has 0 spiro atoms. The number of hydrogen-bond acceptors (Lipinski definition) is 5. The third kappa shape index (κ3) is 4.01. The van der Waals surface area contributed by atoms with Crippen LogP contribution in [0, 0.1) is 6.92 Å². The van der Waals surface area contributed by atoms with Crippen LogP contribution < -0.4 is 9.47 Å². The minimum Gasteiger partial charge on any atom is -0.481 e. The van der Waals surface area contributed by atoms with Crippen LogP contribution in [0.15, 0.2) is 6.07 Å². The van der Waals surface area contributed by atoms with E-state index >= 15 is 0 Å². The molecule has 0 N–H and O–H groups in total. The molecule has 0 saturated carbocycles. The van der Waals surface area contributed by atoms with Crippen molar-refractivity contribution in [3.05, 3.63) is 17.3 Å². The van der Waals surface area contributed by atoms with E-state index in [2.05, 4.69) is 14.5 Å². The fourth-order valence-electron chi connectivity index (χ4n) is 1.32. The van der Waals surface area contributed by atoms with Crippen molar-refractivity contribution in [1.29, 1.82) is 0 Å². The van der Waals surface area contributed by atoms with Crippen LogP contribution in [-0.4, -0.2) is 31.0 Å². The van der Waals surface area contributed by atoms with Crippen LogP contribution in [0.3, 0.4) is 0 Å². The molecular weight excluding hydrogens is 267 g/mol. The maximum absolute atomic E-state index is 12.3. The summed E-state index contributed by atoms with van der Waals surface area (Å²) in [6, 6.07) is 1.23. The van der Waals surface area contributed by atoms with Gasteiger partial charge in [-0.3, -0.25) is 0 Å². The van der Waals surface area contributed by atoms with Crippen LogP contribution in [-0.2, 0) is 4.74 Å². The van der Waals surface area contributed by atoms with Gasteiger partial charge in [-0.15, -0.1) is 13.2 Å². The molecule has 0 amide bonds. The highest BCUT2D eigenvalue weighted by Gasteiger charge is 2.35. The molecule has 1 aromatic heterocycles. The van der Waals surface area contributed by atoms with Gasteiger partial charge >= 0.3 is 12.3 Å². The summed E-state index contributed by atoms with van der Waals surface area (Å²) < 4.78 is 50.1. The Labute approximate surface area is 107 Å². The van der Waals surface area contributed by atoms with Crippen molar-refractivity contribution < 1.29 is 32.2 Å². The van der Waals surface area contributed by atoms with Gasteiger partial charge in [0.15, 0.2) is 11.4 Å². The Morgan fingerprint density at radius 1 is 1.42 bits per heavy atom. The van der Waals surface area contributed by atoms with Gasteiger partial charge < -0.3 is 14.2 Å². The topological polar surface area (TPSA) is 57.7 Å². The smallest absolute Gasteiger partial charge is 0.481 e. The Hall–Kier alpha value is -1.99. The van der Waals surface area contributed by atoms with E-state index < -0.39 is 23.8 Å². The zero-order valence-corrected chi connectivity index (χ0v) is 10.5. The molecule has 0 unspecified atom stereocenters. The zero-order chi connectivity index (χ0) is 14.6. The second kappa shape index (κ2) is 5.77. The fourth-order valence-corrected chi connectivity index (χ4v) is 1.32. The monoisotopic (exact) mass is 279 g/mol. The van der Waals surface area contributed by atoms with Crippen molar-refractivity contribution >= 4 is 5.97 Å². The first-order chi connectivity index (χ1) is 8.78. The van der Waals surface area contributed by atoms with Crippen molar-refractivity contribution in [3.8, 4) is 11.6 Å². The largest absolute Gasteiger partial charge is 0.573 e. The molecule has 0 aliphatic carbocycles. The van der Waals surface area contributed by atoms with E-state index in [9.17, 15) is 18.0 Å². The first-order valence-electron chi connectivity index (χ1n) is 5.27.